The Morgan fingerprint density at radius 2 is 2.04 bits per heavy atom. The van der Waals surface area contributed by atoms with Gasteiger partial charge < -0.3 is 15.4 Å². The van der Waals surface area contributed by atoms with Crippen molar-refractivity contribution in [2.45, 2.75) is 31.2 Å². The molecule has 4 nitrogen and oxygen atoms in total. The number of methoxy groups -OCH3 is 1. The molecular formula is C21H24F2N2O2. The average Bonchev–Trinajstić information content (AvgIpc) is 2.69. The number of hydrogen-bond acceptors (Lipinski definition) is 3. The fraction of sp³-hybridized carbons (Fsp3) is 0.381. The van der Waals surface area contributed by atoms with Gasteiger partial charge in [-0.25, -0.2) is 8.78 Å². The molecule has 144 valence electrons. The molecule has 1 aliphatic heterocycles. The van der Waals surface area contributed by atoms with Crippen LogP contribution in [0.1, 0.15) is 29.9 Å². The van der Waals surface area contributed by atoms with Gasteiger partial charge >= 0.3 is 0 Å². The number of rotatable bonds is 6. The van der Waals surface area contributed by atoms with Gasteiger partial charge in [-0.3, -0.25) is 4.79 Å². The fourth-order valence-corrected chi connectivity index (χ4v) is 3.59. The third-order valence-corrected chi connectivity index (χ3v) is 5.01. The van der Waals surface area contributed by atoms with Crippen LogP contribution in [0.2, 0.25) is 0 Å². The van der Waals surface area contributed by atoms with Gasteiger partial charge in [-0.1, -0.05) is 24.3 Å². The number of carbonyl (C=O) groups excluding carboxylic acids is 1. The molecule has 1 aliphatic rings. The molecule has 1 heterocycles. The van der Waals surface area contributed by atoms with Gasteiger partial charge in [0.25, 0.3) is 0 Å². The van der Waals surface area contributed by atoms with Gasteiger partial charge in [0.15, 0.2) is 11.6 Å². The molecule has 2 aromatic carbocycles. The van der Waals surface area contributed by atoms with Crippen molar-refractivity contribution in [2.24, 2.45) is 0 Å². The smallest absolute Gasteiger partial charge is 0.220 e. The maximum atomic E-state index is 13.6. The molecule has 0 saturated carbocycles. The highest BCUT2D eigenvalue weighted by Gasteiger charge is 2.28. The monoisotopic (exact) mass is 374 g/mol. The zero-order valence-corrected chi connectivity index (χ0v) is 15.3. The van der Waals surface area contributed by atoms with E-state index in [4.69, 9.17) is 4.74 Å². The van der Waals surface area contributed by atoms with E-state index in [0.717, 1.165) is 30.3 Å². The van der Waals surface area contributed by atoms with Crippen molar-refractivity contribution in [3.05, 3.63) is 65.2 Å². The summed E-state index contributed by atoms with van der Waals surface area (Å²) in [6.07, 6.45) is 1.66. The van der Waals surface area contributed by atoms with E-state index in [9.17, 15) is 13.6 Å². The summed E-state index contributed by atoms with van der Waals surface area (Å²) >= 11 is 0. The molecule has 0 aliphatic carbocycles. The second kappa shape index (κ2) is 8.95. The summed E-state index contributed by atoms with van der Waals surface area (Å²) in [5.41, 5.74) is 1.69. The van der Waals surface area contributed by atoms with Crippen LogP contribution >= 0.6 is 0 Å². The highest BCUT2D eigenvalue weighted by atomic mass is 19.2. The maximum Gasteiger partial charge on any atom is 0.220 e. The second-order valence-electron chi connectivity index (χ2n) is 6.76. The van der Waals surface area contributed by atoms with Crippen molar-refractivity contribution in [1.82, 2.24) is 10.6 Å². The number of piperidine rings is 1. The van der Waals surface area contributed by atoms with Crippen molar-refractivity contribution in [1.29, 1.82) is 0 Å². The number of para-hydroxylation sites is 1. The first-order valence-electron chi connectivity index (χ1n) is 9.15. The molecule has 27 heavy (non-hydrogen) atoms. The van der Waals surface area contributed by atoms with Crippen LogP contribution in [0, 0.1) is 11.6 Å². The quantitative estimate of drug-likeness (QED) is 0.817. The first-order chi connectivity index (χ1) is 13.1. The number of halogens is 2. The Bertz CT molecular complexity index is 798. The molecule has 2 atom stereocenters. The Hall–Kier alpha value is -2.47. The number of aryl methyl sites for hydroxylation is 1. The summed E-state index contributed by atoms with van der Waals surface area (Å²) in [6.45, 7) is 1.38. The van der Waals surface area contributed by atoms with E-state index in [1.807, 2.05) is 24.3 Å². The molecule has 3 rings (SSSR count). The molecule has 1 saturated heterocycles. The highest BCUT2D eigenvalue weighted by Crippen LogP contribution is 2.27. The summed E-state index contributed by atoms with van der Waals surface area (Å²) in [6, 6.07) is 11.4. The first-order valence-corrected chi connectivity index (χ1v) is 9.15. The zero-order chi connectivity index (χ0) is 19.2. The molecule has 2 N–H and O–H groups in total. The lowest BCUT2D eigenvalue weighted by molar-refractivity contribution is -0.122. The van der Waals surface area contributed by atoms with Gasteiger partial charge in [0.1, 0.15) is 5.75 Å². The van der Waals surface area contributed by atoms with Crippen LogP contribution in [0.3, 0.4) is 0 Å². The number of carbonyl (C=O) groups is 1. The van der Waals surface area contributed by atoms with Crippen LogP contribution in [-0.2, 0) is 11.2 Å². The lowest BCUT2D eigenvalue weighted by Gasteiger charge is -2.33. The van der Waals surface area contributed by atoms with Crippen molar-refractivity contribution < 1.29 is 18.3 Å². The van der Waals surface area contributed by atoms with Crippen LogP contribution in [0.15, 0.2) is 42.5 Å². The molecule has 0 radical (unpaired) electrons. The highest BCUT2D eigenvalue weighted by molar-refractivity contribution is 5.76. The fourth-order valence-electron chi connectivity index (χ4n) is 3.59. The molecule has 1 amide bonds. The van der Waals surface area contributed by atoms with E-state index in [2.05, 4.69) is 10.6 Å². The van der Waals surface area contributed by atoms with Crippen molar-refractivity contribution in [3.8, 4) is 5.75 Å². The van der Waals surface area contributed by atoms with Gasteiger partial charge in [-0.2, -0.15) is 0 Å². The van der Waals surface area contributed by atoms with E-state index in [1.165, 1.54) is 6.07 Å². The van der Waals surface area contributed by atoms with Gasteiger partial charge in [0.05, 0.1) is 7.11 Å². The van der Waals surface area contributed by atoms with Crippen molar-refractivity contribution >= 4 is 5.91 Å². The second-order valence-corrected chi connectivity index (χ2v) is 6.76. The predicted octanol–water partition coefficient (Wildman–Crippen LogP) is 3.17. The molecule has 0 bridgehead atoms. The van der Waals surface area contributed by atoms with Crippen LogP contribution in [0.5, 0.6) is 5.75 Å². The number of nitrogens with one attached hydrogen (secondary N) is 2. The molecule has 1 fully saturated rings. The molecule has 2 unspecified atom stereocenters. The minimum atomic E-state index is -0.856. The Kier molecular flexibility index (Phi) is 6.40. The summed E-state index contributed by atoms with van der Waals surface area (Å²) < 4.78 is 32.2. The predicted molar refractivity (Wildman–Crippen MR) is 99.8 cm³/mol. The minimum absolute atomic E-state index is 0.0449. The SMILES string of the molecule is COc1ccccc1CCC(=O)NC1CNCCC1c1ccc(F)c(F)c1. The van der Waals surface area contributed by atoms with Crippen molar-refractivity contribution in [2.75, 3.05) is 20.2 Å². The van der Waals surface area contributed by atoms with E-state index >= 15 is 0 Å². The van der Waals surface area contributed by atoms with E-state index < -0.39 is 11.6 Å². The number of benzene rings is 2. The van der Waals surface area contributed by atoms with Gasteiger partial charge in [0.2, 0.25) is 5.91 Å². The molecule has 0 aromatic heterocycles. The number of amides is 1. The van der Waals surface area contributed by atoms with E-state index in [-0.39, 0.29) is 17.9 Å². The van der Waals surface area contributed by atoms with Crippen LogP contribution in [0.4, 0.5) is 8.78 Å². The standard InChI is InChI=1S/C21H24F2N2O2/c1-27-20-5-3-2-4-14(20)7-9-21(26)25-19-13-24-11-10-16(19)15-6-8-17(22)18(23)12-15/h2-6,8,12,16,19,24H,7,9-11,13H2,1H3,(H,25,26). The van der Waals surface area contributed by atoms with Crippen molar-refractivity contribution in [3.63, 3.8) is 0 Å². The van der Waals surface area contributed by atoms with Crippen LogP contribution in [0.25, 0.3) is 0 Å². The Morgan fingerprint density at radius 3 is 2.81 bits per heavy atom. The van der Waals surface area contributed by atoms with E-state index in [1.54, 1.807) is 13.2 Å². The van der Waals surface area contributed by atoms with Gasteiger partial charge in [-0.05, 0) is 48.7 Å². The summed E-state index contributed by atoms with van der Waals surface area (Å²) in [4.78, 5) is 12.5. The summed E-state index contributed by atoms with van der Waals surface area (Å²) in [5, 5.41) is 6.31. The molecule has 6 heteroatoms. The molecule has 0 spiro atoms. The number of hydrogen-bond donors (Lipinski definition) is 2. The normalized spacial score (nSPS) is 19.5. The minimum Gasteiger partial charge on any atom is -0.496 e. The Balaban J connectivity index is 1.63. The molecule has 2 aromatic rings. The lowest BCUT2D eigenvalue weighted by atomic mass is 9.86. The van der Waals surface area contributed by atoms with Crippen LogP contribution < -0.4 is 15.4 Å². The van der Waals surface area contributed by atoms with E-state index in [0.29, 0.717) is 24.9 Å². The lowest BCUT2D eigenvalue weighted by Crippen LogP contribution is -2.50. The zero-order valence-electron chi connectivity index (χ0n) is 15.3. The van der Waals surface area contributed by atoms with Gasteiger partial charge in [0, 0.05) is 24.9 Å². The number of ether oxygens (including phenoxy) is 1. The Labute approximate surface area is 157 Å². The third kappa shape index (κ3) is 4.83. The summed E-state index contributed by atoms with van der Waals surface area (Å²) in [7, 11) is 1.61. The average molecular weight is 374 g/mol. The largest absolute Gasteiger partial charge is 0.496 e. The Morgan fingerprint density at radius 1 is 1.22 bits per heavy atom. The summed E-state index contributed by atoms with van der Waals surface area (Å²) in [5.74, 6) is -1.06. The first kappa shape index (κ1) is 19.3. The topological polar surface area (TPSA) is 50.4 Å². The third-order valence-electron chi connectivity index (χ3n) is 5.01. The van der Waals surface area contributed by atoms with Crippen LogP contribution in [-0.4, -0.2) is 32.1 Å². The maximum absolute atomic E-state index is 13.6. The van der Waals surface area contributed by atoms with Gasteiger partial charge in [-0.15, -0.1) is 0 Å². The molecular weight excluding hydrogens is 350 g/mol.